The van der Waals surface area contributed by atoms with Crippen molar-refractivity contribution in [2.45, 2.75) is 50.7 Å². The van der Waals surface area contributed by atoms with Crippen LogP contribution < -0.4 is 0 Å². The van der Waals surface area contributed by atoms with Crippen molar-refractivity contribution in [1.82, 2.24) is 9.88 Å². The Morgan fingerprint density at radius 3 is 3.04 bits per heavy atom. The standard InChI is InChI=1S/C19H24N2O3/c1-3-15(11-20-8-1)13-22-14-17-5-6-18-19(24-17)7-9-21(18)12-16-4-2-10-23-16/h1-4,8,10-11,17-19H,5-7,9,12-14H2/t17-,18+,19+/m1/s1. The molecular weight excluding hydrogens is 304 g/mol. The first kappa shape index (κ1) is 15.8. The Morgan fingerprint density at radius 2 is 2.21 bits per heavy atom. The lowest BCUT2D eigenvalue weighted by Gasteiger charge is -2.35. The van der Waals surface area contributed by atoms with Crippen LogP contribution in [0.1, 0.15) is 30.6 Å². The Labute approximate surface area is 142 Å². The Bertz CT molecular complexity index is 617. The van der Waals surface area contributed by atoms with Crippen LogP contribution in [0, 0.1) is 0 Å². The highest BCUT2D eigenvalue weighted by atomic mass is 16.5. The number of fused-ring (bicyclic) bond motifs is 1. The molecule has 4 rings (SSSR count). The number of pyridine rings is 1. The molecule has 0 N–H and O–H groups in total. The van der Waals surface area contributed by atoms with Crippen molar-refractivity contribution in [3.63, 3.8) is 0 Å². The number of hydrogen-bond acceptors (Lipinski definition) is 5. The van der Waals surface area contributed by atoms with Gasteiger partial charge in [0.1, 0.15) is 5.76 Å². The second kappa shape index (κ2) is 7.47. The van der Waals surface area contributed by atoms with Gasteiger partial charge in [0.2, 0.25) is 0 Å². The molecule has 2 aromatic rings. The average molecular weight is 328 g/mol. The lowest BCUT2D eigenvalue weighted by atomic mass is 9.99. The molecule has 2 aliphatic rings. The Morgan fingerprint density at radius 1 is 1.21 bits per heavy atom. The summed E-state index contributed by atoms with van der Waals surface area (Å²) < 4.78 is 17.6. The minimum absolute atomic E-state index is 0.214. The van der Waals surface area contributed by atoms with E-state index in [0.29, 0.717) is 25.4 Å². The van der Waals surface area contributed by atoms with Gasteiger partial charge in [-0.3, -0.25) is 9.88 Å². The number of ether oxygens (including phenoxy) is 2. The smallest absolute Gasteiger partial charge is 0.117 e. The summed E-state index contributed by atoms with van der Waals surface area (Å²) in [7, 11) is 0. The van der Waals surface area contributed by atoms with Crippen LogP contribution in [0.25, 0.3) is 0 Å². The lowest BCUT2D eigenvalue weighted by molar-refractivity contribution is -0.102. The molecule has 3 atom stereocenters. The predicted octanol–water partition coefficient (Wildman–Crippen LogP) is 3.01. The van der Waals surface area contributed by atoms with Crippen LogP contribution >= 0.6 is 0 Å². The first-order valence-electron chi connectivity index (χ1n) is 8.77. The van der Waals surface area contributed by atoms with E-state index in [-0.39, 0.29) is 6.10 Å². The van der Waals surface area contributed by atoms with Gasteiger partial charge in [0.15, 0.2) is 0 Å². The highest BCUT2D eigenvalue weighted by Gasteiger charge is 2.39. The fraction of sp³-hybridized carbons (Fsp3) is 0.526. The summed E-state index contributed by atoms with van der Waals surface area (Å²) in [6, 6.07) is 8.49. The Hall–Kier alpha value is -1.69. The summed E-state index contributed by atoms with van der Waals surface area (Å²) in [4.78, 5) is 6.60. The molecule has 2 aliphatic heterocycles. The second-order valence-electron chi connectivity index (χ2n) is 6.66. The highest BCUT2D eigenvalue weighted by Crippen LogP contribution is 2.32. The summed E-state index contributed by atoms with van der Waals surface area (Å²) >= 11 is 0. The predicted molar refractivity (Wildman–Crippen MR) is 89.3 cm³/mol. The van der Waals surface area contributed by atoms with E-state index < -0.39 is 0 Å². The summed E-state index contributed by atoms with van der Waals surface area (Å²) in [5, 5.41) is 0. The largest absolute Gasteiger partial charge is 0.468 e. The lowest BCUT2D eigenvalue weighted by Crippen LogP contribution is -2.43. The van der Waals surface area contributed by atoms with Crippen LogP contribution in [0.15, 0.2) is 47.3 Å². The quantitative estimate of drug-likeness (QED) is 0.816. The van der Waals surface area contributed by atoms with Gasteiger partial charge in [-0.15, -0.1) is 0 Å². The van der Waals surface area contributed by atoms with Crippen LogP contribution in [-0.4, -0.2) is 41.3 Å². The number of furan rings is 1. The molecule has 0 saturated carbocycles. The van der Waals surface area contributed by atoms with Gasteiger partial charge in [0.05, 0.1) is 38.2 Å². The van der Waals surface area contributed by atoms with Crippen molar-refractivity contribution in [3.8, 4) is 0 Å². The number of nitrogens with zero attached hydrogens (tertiary/aromatic N) is 2. The molecule has 5 heteroatoms. The van der Waals surface area contributed by atoms with Gasteiger partial charge in [0, 0.05) is 25.0 Å². The molecule has 0 aliphatic carbocycles. The first-order valence-corrected chi connectivity index (χ1v) is 8.77. The van der Waals surface area contributed by atoms with Crippen LogP contribution in [0.2, 0.25) is 0 Å². The van der Waals surface area contributed by atoms with Crippen molar-refractivity contribution in [2.75, 3.05) is 13.2 Å². The molecule has 24 heavy (non-hydrogen) atoms. The van der Waals surface area contributed by atoms with E-state index in [1.54, 1.807) is 12.5 Å². The SMILES string of the molecule is c1cncc(COC[C@H]2CC[C@H]3[C@H](CCN3Cc3ccco3)O2)c1. The first-order chi connectivity index (χ1) is 11.9. The maximum atomic E-state index is 6.28. The van der Waals surface area contributed by atoms with Crippen LogP contribution in [0.5, 0.6) is 0 Å². The number of aromatic nitrogens is 1. The zero-order valence-electron chi connectivity index (χ0n) is 13.8. The zero-order chi connectivity index (χ0) is 16.2. The minimum atomic E-state index is 0.214. The summed E-state index contributed by atoms with van der Waals surface area (Å²) in [5.41, 5.74) is 1.11. The van der Waals surface area contributed by atoms with E-state index in [4.69, 9.17) is 13.9 Å². The fourth-order valence-corrected chi connectivity index (χ4v) is 3.80. The van der Waals surface area contributed by atoms with Crippen molar-refractivity contribution in [2.24, 2.45) is 0 Å². The van der Waals surface area contributed by atoms with Crippen LogP contribution in [0.4, 0.5) is 0 Å². The summed E-state index contributed by atoms with van der Waals surface area (Å²) in [5.74, 6) is 1.04. The molecule has 0 amide bonds. The van der Waals surface area contributed by atoms with Gasteiger partial charge in [0.25, 0.3) is 0 Å². The van der Waals surface area contributed by atoms with Crippen molar-refractivity contribution in [3.05, 3.63) is 54.2 Å². The van der Waals surface area contributed by atoms with Gasteiger partial charge in [-0.05, 0) is 43.0 Å². The normalized spacial score (nSPS) is 27.2. The van der Waals surface area contributed by atoms with Crippen LogP contribution in [-0.2, 0) is 22.6 Å². The third-order valence-electron chi connectivity index (χ3n) is 4.98. The molecule has 2 fully saturated rings. The third kappa shape index (κ3) is 3.69. The molecule has 0 spiro atoms. The molecule has 0 unspecified atom stereocenters. The molecule has 2 saturated heterocycles. The maximum Gasteiger partial charge on any atom is 0.117 e. The number of rotatable bonds is 6. The van der Waals surface area contributed by atoms with Gasteiger partial charge in [-0.1, -0.05) is 6.07 Å². The van der Waals surface area contributed by atoms with E-state index in [2.05, 4.69) is 9.88 Å². The monoisotopic (exact) mass is 328 g/mol. The number of hydrogen-bond donors (Lipinski definition) is 0. The molecule has 0 aromatic carbocycles. The second-order valence-corrected chi connectivity index (χ2v) is 6.66. The third-order valence-corrected chi connectivity index (χ3v) is 4.98. The molecule has 128 valence electrons. The zero-order valence-corrected chi connectivity index (χ0v) is 13.8. The molecule has 4 heterocycles. The van der Waals surface area contributed by atoms with Gasteiger partial charge >= 0.3 is 0 Å². The Balaban J connectivity index is 1.23. The Kier molecular flexibility index (Phi) is 4.92. The van der Waals surface area contributed by atoms with Crippen molar-refractivity contribution >= 4 is 0 Å². The van der Waals surface area contributed by atoms with E-state index >= 15 is 0 Å². The average Bonchev–Trinajstić information content (AvgIpc) is 3.26. The van der Waals surface area contributed by atoms with E-state index in [1.807, 2.05) is 30.5 Å². The summed E-state index contributed by atoms with van der Waals surface area (Å²) in [6.07, 6.45) is 9.26. The molecule has 0 bridgehead atoms. The molecular formula is C19H24N2O3. The van der Waals surface area contributed by atoms with E-state index in [9.17, 15) is 0 Å². The maximum absolute atomic E-state index is 6.28. The van der Waals surface area contributed by atoms with E-state index in [1.165, 1.54) is 6.42 Å². The van der Waals surface area contributed by atoms with Gasteiger partial charge in [-0.25, -0.2) is 0 Å². The van der Waals surface area contributed by atoms with Gasteiger partial charge in [-0.2, -0.15) is 0 Å². The minimum Gasteiger partial charge on any atom is -0.468 e. The van der Waals surface area contributed by atoms with E-state index in [0.717, 1.165) is 37.3 Å². The van der Waals surface area contributed by atoms with Crippen LogP contribution in [0.3, 0.4) is 0 Å². The molecule has 2 aromatic heterocycles. The molecule has 5 nitrogen and oxygen atoms in total. The highest BCUT2D eigenvalue weighted by molar-refractivity contribution is 5.06. The topological polar surface area (TPSA) is 47.7 Å². The number of likely N-dealkylation sites (tertiary alicyclic amines) is 1. The molecule has 0 radical (unpaired) electrons. The summed E-state index contributed by atoms with van der Waals surface area (Å²) in [6.45, 7) is 3.24. The van der Waals surface area contributed by atoms with Crippen molar-refractivity contribution in [1.29, 1.82) is 0 Å². The fourth-order valence-electron chi connectivity index (χ4n) is 3.80. The van der Waals surface area contributed by atoms with Gasteiger partial charge < -0.3 is 13.9 Å². The van der Waals surface area contributed by atoms with Crippen molar-refractivity contribution < 1.29 is 13.9 Å².